The Morgan fingerprint density at radius 3 is 2.76 bits per heavy atom. The topological polar surface area (TPSA) is 63.1 Å². The number of aryl methyl sites for hydroxylation is 1. The van der Waals surface area contributed by atoms with E-state index in [1.807, 2.05) is 36.4 Å². The molecule has 1 aromatic heterocycles. The highest BCUT2D eigenvalue weighted by atomic mass is 19.1. The van der Waals surface area contributed by atoms with E-state index in [0.29, 0.717) is 17.1 Å². The van der Waals surface area contributed by atoms with Crippen molar-refractivity contribution in [3.8, 4) is 11.4 Å². The number of benzene rings is 2. The molecule has 0 radical (unpaired) electrons. The molecule has 1 atom stereocenters. The molecule has 2 aromatic carbocycles. The second kappa shape index (κ2) is 8.21. The molecule has 7 heteroatoms. The monoisotopic (exact) mass is 396 g/mol. The van der Waals surface area contributed by atoms with Crippen LogP contribution >= 0.6 is 0 Å². The van der Waals surface area contributed by atoms with Gasteiger partial charge >= 0.3 is 5.69 Å². The first-order valence-corrected chi connectivity index (χ1v) is 9.84. The summed E-state index contributed by atoms with van der Waals surface area (Å²) in [5, 5.41) is 4.56. The van der Waals surface area contributed by atoms with E-state index in [0.717, 1.165) is 43.8 Å². The van der Waals surface area contributed by atoms with Crippen LogP contribution in [0.5, 0.6) is 5.75 Å². The minimum Gasteiger partial charge on any atom is -0.497 e. The van der Waals surface area contributed by atoms with E-state index < -0.39 is 0 Å². The van der Waals surface area contributed by atoms with Crippen LogP contribution in [0.25, 0.3) is 5.69 Å². The molecule has 1 aliphatic rings. The number of piperidine rings is 1. The molecule has 0 saturated carbocycles. The Kier molecular flexibility index (Phi) is 5.49. The summed E-state index contributed by atoms with van der Waals surface area (Å²) in [5.74, 6) is 1.44. The lowest BCUT2D eigenvalue weighted by molar-refractivity contribution is 0.196. The van der Waals surface area contributed by atoms with Crippen molar-refractivity contribution in [2.75, 3.05) is 20.2 Å². The van der Waals surface area contributed by atoms with Gasteiger partial charge in [0.05, 0.1) is 12.8 Å². The molecule has 0 aliphatic carbocycles. The van der Waals surface area contributed by atoms with E-state index in [1.54, 1.807) is 14.0 Å². The second-order valence-electron chi connectivity index (χ2n) is 7.58. The summed E-state index contributed by atoms with van der Waals surface area (Å²) in [6.45, 7) is 4.35. The molecule has 0 bridgehead atoms. The van der Waals surface area contributed by atoms with E-state index >= 15 is 0 Å². The van der Waals surface area contributed by atoms with Gasteiger partial charge in [-0.05, 0) is 67.8 Å². The fourth-order valence-electron chi connectivity index (χ4n) is 3.91. The largest absolute Gasteiger partial charge is 0.497 e. The molecule has 1 saturated heterocycles. The van der Waals surface area contributed by atoms with Crippen LogP contribution in [0.4, 0.5) is 4.39 Å². The Labute approximate surface area is 168 Å². The van der Waals surface area contributed by atoms with E-state index in [1.165, 1.54) is 10.7 Å². The number of ether oxygens (including phenoxy) is 1. The zero-order valence-electron chi connectivity index (χ0n) is 16.7. The number of hydrogen-bond donors (Lipinski definition) is 1. The minimum atomic E-state index is -0.239. The van der Waals surface area contributed by atoms with Gasteiger partial charge in [0, 0.05) is 19.0 Å². The van der Waals surface area contributed by atoms with Crippen LogP contribution in [0.2, 0.25) is 0 Å². The van der Waals surface area contributed by atoms with Gasteiger partial charge in [-0.2, -0.15) is 4.68 Å². The molecule has 0 unspecified atom stereocenters. The quantitative estimate of drug-likeness (QED) is 0.718. The molecule has 1 fully saturated rings. The molecule has 0 amide bonds. The van der Waals surface area contributed by atoms with Crippen molar-refractivity contribution < 1.29 is 9.13 Å². The van der Waals surface area contributed by atoms with Gasteiger partial charge in [-0.15, -0.1) is 5.10 Å². The molecular weight excluding hydrogens is 371 g/mol. The van der Waals surface area contributed by atoms with Crippen molar-refractivity contribution in [2.45, 2.75) is 32.2 Å². The third-order valence-electron chi connectivity index (χ3n) is 5.47. The van der Waals surface area contributed by atoms with Crippen LogP contribution < -0.4 is 10.4 Å². The van der Waals surface area contributed by atoms with Crippen molar-refractivity contribution >= 4 is 0 Å². The number of nitrogens with zero attached hydrogens (tertiary/aromatic N) is 3. The number of likely N-dealkylation sites (tertiary alicyclic amines) is 1. The first kappa shape index (κ1) is 19.4. The van der Waals surface area contributed by atoms with Crippen molar-refractivity contribution in [1.82, 2.24) is 19.7 Å². The van der Waals surface area contributed by atoms with Crippen molar-refractivity contribution in [3.63, 3.8) is 0 Å². The van der Waals surface area contributed by atoms with Gasteiger partial charge in [-0.3, -0.25) is 9.88 Å². The van der Waals surface area contributed by atoms with Gasteiger partial charge in [0.15, 0.2) is 0 Å². The lowest BCUT2D eigenvalue weighted by Gasteiger charge is -2.31. The van der Waals surface area contributed by atoms with Crippen molar-refractivity contribution in [2.24, 2.45) is 0 Å². The third-order valence-corrected chi connectivity index (χ3v) is 5.47. The Hall–Kier alpha value is -2.93. The molecule has 29 heavy (non-hydrogen) atoms. The first-order chi connectivity index (χ1) is 14.0. The van der Waals surface area contributed by atoms with E-state index in [-0.39, 0.29) is 17.4 Å². The van der Waals surface area contributed by atoms with Crippen molar-refractivity contribution in [1.29, 1.82) is 0 Å². The maximum Gasteiger partial charge on any atom is 0.348 e. The maximum absolute atomic E-state index is 13.5. The Morgan fingerprint density at radius 1 is 1.24 bits per heavy atom. The Balaban J connectivity index is 1.49. The molecule has 1 N–H and O–H groups in total. The molecule has 6 nitrogen and oxygen atoms in total. The average Bonchev–Trinajstić information content (AvgIpc) is 3.13. The number of halogens is 1. The second-order valence-corrected chi connectivity index (χ2v) is 7.58. The predicted molar refractivity (Wildman–Crippen MR) is 109 cm³/mol. The summed E-state index contributed by atoms with van der Waals surface area (Å²) < 4.78 is 20.1. The van der Waals surface area contributed by atoms with Crippen LogP contribution in [0.15, 0.2) is 47.3 Å². The number of aromatic nitrogens is 3. The van der Waals surface area contributed by atoms with Gasteiger partial charge in [0.2, 0.25) is 0 Å². The van der Waals surface area contributed by atoms with E-state index in [2.05, 4.69) is 15.0 Å². The number of hydrogen-bond acceptors (Lipinski definition) is 4. The van der Waals surface area contributed by atoms with Gasteiger partial charge in [0.1, 0.15) is 17.4 Å². The number of H-pyrrole nitrogens is 1. The number of nitrogens with one attached hydrogen (secondary N) is 1. The van der Waals surface area contributed by atoms with Gasteiger partial charge in [0.25, 0.3) is 0 Å². The van der Waals surface area contributed by atoms with Crippen LogP contribution in [-0.4, -0.2) is 39.9 Å². The fourth-order valence-corrected chi connectivity index (χ4v) is 3.91. The smallest absolute Gasteiger partial charge is 0.348 e. The zero-order valence-corrected chi connectivity index (χ0v) is 16.7. The highest BCUT2D eigenvalue weighted by Crippen LogP contribution is 2.25. The van der Waals surface area contributed by atoms with Gasteiger partial charge in [-0.1, -0.05) is 12.1 Å². The summed E-state index contributed by atoms with van der Waals surface area (Å²) in [7, 11) is 1.61. The highest BCUT2D eigenvalue weighted by molar-refractivity contribution is 5.36. The van der Waals surface area contributed by atoms with Gasteiger partial charge < -0.3 is 4.74 Å². The summed E-state index contributed by atoms with van der Waals surface area (Å²) in [6.07, 6.45) is 2.01. The Bertz CT molecular complexity index is 1040. The lowest BCUT2D eigenvalue weighted by atomic mass is 9.97. The molecular formula is C22H25FN4O2. The van der Waals surface area contributed by atoms with Crippen LogP contribution in [0.1, 0.15) is 35.7 Å². The fraction of sp³-hybridized carbons (Fsp3) is 0.364. The van der Waals surface area contributed by atoms with E-state index in [4.69, 9.17) is 4.74 Å². The minimum absolute atomic E-state index is 0.164. The highest BCUT2D eigenvalue weighted by Gasteiger charge is 2.25. The number of aromatic amines is 1. The zero-order chi connectivity index (χ0) is 20.4. The average molecular weight is 396 g/mol. The normalized spacial score (nSPS) is 17.4. The maximum atomic E-state index is 13.5. The molecule has 4 rings (SSSR count). The number of methoxy groups -OCH3 is 1. The number of rotatable bonds is 5. The standard InChI is InChI=1S/C22H25FN4O2/c1-15-12-16(5-10-20(15)23)13-26-11-3-4-17(14-26)21-24-22(28)27(25-21)18-6-8-19(29-2)9-7-18/h5-10,12,17H,3-4,11,13-14H2,1-2H3,(H,24,25,28)/t17-/m0/s1. The van der Waals surface area contributed by atoms with Crippen LogP contribution in [-0.2, 0) is 6.54 Å². The SMILES string of the molecule is COc1ccc(-n2nc([C@H]3CCCN(Cc4ccc(F)c(C)c4)C3)[nH]c2=O)cc1. The lowest BCUT2D eigenvalue weighted by Crippen LogP contribution is -2.34. The first-order valence-electron chi connectivity index (χ1n) is 9.84. The summed E-state index contributed by atoms with van der Waals surface area (Å²) in [4.78, 5) is 17.7. The predicted octanol–water partition coefficient (Wildman–Crippen LogP) is 3.40. The van der Waals surface area contributed by atoms with Crippen molar-refractivity contribution in [3.05, 3.63) is 75.7 Å². The molecule has 3 aromatic rings. The van der Waals surface area contributed by atoms with E-state index in [9.17, 15) is 9.18 Å². The van der Waals surface area contributed by atoms with Crippen LogP contribution in [0.3, 0.4) is 0 Å². The summed E-state index contributed by atoms with van der Waals surface area (Å²) >= 11 is 0. The summed E-state index contributed by atoms with van der Waals surface area (Å²) in [6, 6.07) is 12.5. The Morgan fingerprint density at radius 2 is 2.03 bits per heavy atom. The molecule has 1 aliphatic heterocycles. The molecule has 0 spiro atoms. The third kappa shape index (κ3) is 4.24. The molecule has 152 valence electrons. The van der Waals surface area contributed by atoms with Gasteiger partial charge in [-0.25, -0.2) is 9.18 Å². The van der Waals surface area contributed by atoms with Crippen LogP contribution in [0, 0.1) is 12.7 Å². The molecule has 2 heterocycles. The summed E-state index contributed by atoms with van der Waals surface area (Å²) in [5.41, 5.74) is 2.23.